The maximum Gasteiger partial charge on any atom is 0.296 e. The van der Waals surface area contributed by atoms with Gasteiger partial charge >= 0.3 is 0 Å². The van der Waals surface area contributed by atoms with Crippen LogP contribution >= 0.6 is 0 Å². The van der Waals surface area contributed by atoms with E-state index in [-0.39, 0.29) is 13.2 Å². The minimum atomic E-state index is -1.50. The van der Waals surface area contributed by atoms with E-state index in [4.69, 9.17) is 10.5 Å². The number of halogens is 2. The number of anilines is 1. The van der Waals surface area contributed by atoms with Gasteiger partial charge in [0, 0.05) is 12.6 Å². The second-order valence-corrected chi connectivity index (χ2v) is 3.40. The van der Waals surface area contributed by atoms with E-state index in [9.17, 15) is 23.7 Å². The van der Waals surface area contributed by atoms with E-state index < -0.39 is 40.4 Å². The van der Waals surface area contributed by atoms with Crippen LogP contribution in [0.2, 0.25) is 0 Å². The zero-order chi connectivity index (χ0) is 14.4. The third-order valence-electron chi connectivity index (χ3n) is 2.03. The molecule has 9 heteroatoms. The van der Waals surface area contributed by atoms with E-state index in [1.54, 1.807) is 0 Å². The van der Waals surface area contributed by atoms with Gasteiger partial charge < -0.3 is 15.8 Å². The van der Waals surface area contributed by atoms with Gasteiger partial charge in [-0.25, -0.2) is 8.78 Å². The monoisotopic (exact) mass is 275 g/mol. The highest BCUT2D eigenvalue weighted by atomic mass is 19.2. The Morgan fingerprint density at radius 3 is 2.74 bits per heavy atom. The summed E-state index contributed by atoms with van der Waals surface area (Å²) in [4.78, 5) is 21.0. The molecular weight excluding hydrogens is 264 g/mol. The van der Waals surface area contributed by atoms with E-state index in [1.807, 2.05) is 5.32 Å². The first kappa shape index (κ1) is 14.9. The standard InChI is InChI=1S/C10H11F2N3O4/c11-6-1-2-7(15(17)18)10(9(6)12)14-8(16)5-19-4-3-13/h1-2H,3-5,13H2,(H,14,16). The number of ether oxygens (including phenoxy) is 1. The van der Waals surface area contributed by atoms with Gasteiger partial charge in [0.1, 0.15) is 6.61 Å². The van der Waals surface area contributed by atoms with Crippen molar-refractivity contribution in [3.05, 3.63) is 33.9 Å². The molecule has 1 amide bonds. The van der Waals surface area contributed by atoms with Crippen molar-refractivity contribution < 1.29 is 23.2 Å². The van der Waals surface area contributed by atoms with Crippen LogP contribution < -0.4 is 11.1 Å². The molecule has 0 saturated carbocycles. The van der Waals surface area contributed by atoms with Crippen LogP contribution in [0.4, 0.5) is 20.2 Å². The van der Waals surface area contributed by atoms with Crippen LogP contribution in [-0.2, 0) is 9.53 Å². The summed E-state index contributed by atoms with van der Waals surface area (Å²) in [6.45, 7) is -0.187. The smallest absolute Gasteiger partial charge is 0.296 e. The molecular formula is C10H11F2N3O4. The molecule has 0 bridgehead atoms. The molecule has 0 aromatic heterocycles. The van der Waals surface area contributed by atoms with Crippen molar-refractivity contribution in [2.75, 3.05) is 25.1 Å². The molecule has 0 fully saturated rings. The molecule has 1 rings (SSSR count). The van der Waals surface area contributed by atoms with Gasteiger partial charge in [0.25, 0.3) is 11.6 Å². The lowest BCUT2D eigenvalue weighted by Crippen LogP contribution is -2.22. The number of nitro groups is 1. The SMILES string of the molecule is NCCOCC(=O)Nc1c([N+](=O)[O-])ccc(F)c1F. The molecule has 0 radical (unpaired) electrons. The van der Waals surface area contributed by atoms with Gasteiger partial charge in [-0.2, -0.15) is 0 Å². The largest absolute Gasteiger partial charge is 0.370 e. The quantitative estimate of drug-likeness (QED) is 0.453. The molecule has 104 valence electrons. The van der Waals surface area contributed by atoms with Crippen LogP contribution in [0.3, 0.4) is 0 Å². The minimum absolute atomic E-state index is 0.0984. The predicted molar refractivity (Wildman–Crippen MR) is 61.5 cm³/mol. The van der Waals surface area contributed by atoms with Gasteiger partial charge in [0.2, 0.25) is 0 Å². The fraction of sp³-hybridized carbons (Fsp3) is 0.300. The molecule has 0 heterocycles. The number of carbonyl (C=O) groups is 1. The van der Waals surface area contributed by atoms with E-state index in [1.165, 1.54) is 0 Å². The number of carbonyl (C=O) groups excluding carboxylic acids is 1. The van der Waals surface area contributed by atoms with Crippen LogP contribution in [0.15, 0.2) is 12.1 Å². The Kier molecular flexibility index (Phi) is 5.27. The Hall–Kier alpha value is -2.13. The molecule has 0 aliphatic carbocycles. The number of amides is 1. The Morgan fingerprint density at radius 2 is 2.16 bits per heavy atom. The van der Waals surface area contributed by atoms with Gasteiger partial charge in [-0.1, -0.05) is 0 Å². The van der Waals surface area contributed by atoms with Crippen LogP contribution in [0, 0.1) is 21.7 Å². The maximum absolute atomic E-state index is 13.4. The number of hydrogen-bond acceptors (Lipinski definition) is 5. The number of nitrogens with zero attached hydrogens (tertiary/aromatic N) is 1. The Labute approximate surface area is 106 Å². The highest BCUT2D eigenvalue weighted by Crippen LogP contribution is 2.28. The molecule has 0 unspecified atom stereocenters. The van der Waals surface area contributed by atoms with Crippen LogP contribution in [0.1, 0.15) is 0 Å². The zero-order valence-corrected chi connectivity index (χ0v) is 9.69. The summed E-state index contributed by atoms with van der Waals surface area (Å²) in [6, 6.07) is 1.36. The van der Waals surface area contributed by atoms with E-state index in [0.717, 1.165) is 6.07 Å². The lowest BCUT2D eigenvalue weighted by molar-refractivity contribution is -0.384. The van der Waals surface area contributed by atoms with Crippen molar-refractivity contribution in [1.82, 2.24) is 0 Å². The van der Waals surface area contributed by atoms with Crippen molar-refractivity contribution in [1.29, 1.82) is 0 Å². The van der Waals surface area contributed by atoms with Gasteiger partial charge in [-0.3, -0.25) is 14.9 Å². The summed E-state index contributed by atoms with van der Waals surface area (Å²) in [7, 11) is 0. The molecule has 19 heavy (non-hydrogen) atoms. The molecule has 1 aromatic carbocycles. The fourth-order valence-corrected chi connectivity index (χ4v) is 1.24. The van der Waals surface area contributed by atoms with Crippen LogP contribution in [-0.4, -0.2) is 30.6 Å². The summed E-state index contributed by atoms with van der Waals surface area (Å²) < 4.78 is 31.2. The van der Waals surface area contributed by atoms with Crippen LogP contribution in [0.5, 0.6) is 0 Å². The number of hydrogen-bond donors (Lipinski definition) is 2. The van der Waals surface area contributed by atoms with E-state index in [0.29, 0.717) is 6.07 Å². The normalized spacial score (nSPS) is 10.3. The molecule has 7 nitrogen and oxygen atoms in total. The van der Waals surface area contributed by atoms with Crippen molar-refractivity contribution >= 4 is 17.3 Å². The number of nitrogens with two attached hydrogens (primary N) is 1. The molecule has 3 N–H and O–H groups in total. The van der Waals surface area contributed by atoms with E-state index in [2.05, 4.69) is 0 Å². The first-order chi connectivity index (χ1) is 8.97. The van der Waals surface area contributed by atoms with Gasteiger partial charge in [-0.05, 0) is 6.07 Å². The van der Waals surface area contributed by atoms with Gasteiger partial charge in [0.15, 0.2) is 17.3 Å². The highest BCUT2D eigenvalue weighted by Gasteiger charge is 2.23. The Morgan fingerprint density at radius 1 is 1.47 bits per heavy atom. The van der Waals surface area contributed by atoms with E-state index >= 15 is 0 Å². The third kappa shape index (κ3) is 3.93. The van der Waals surface area contributed by atoms with Crippen molar-refractivity contribution in [3.63, 3.8) is 0 Å². The predicted octanol–water partition coefficient (Wildman–Crippen LogP) is 0.787. The first-order valence-electron chi connectivity index (χ1n) is 5.17. The zero-order valence-electron chi connectivity index (χ0n) is 9.69. The number of rotatable bonds is 6. The summed E-state index contributed by atoms with van der Waals surface area (Å²) in [5.41, 5.74) is 3.55. The summed E-state index contributed by atoms with van der Waals surface area (Å²) in [6.07, 6.45) is 0. The molecule has 0 atom stereocenters. The highest BCUT2D eigenvalue weighted by molar-refractivity contribution is 5.94. The average Bonchev–Trinajstić information content (AvgIpc) is 2.35. The molecule has 0 spiro atoms. The summed E-state index contributed by atoms with van der Waals surface area (Å²) in [5, 5.41) is 12.5. The second kappa shape index (κ2) is 6.71. The average molecular weight is 275 g/mol. The molecule has 0 saturated heterocycles. The topological polar surface area (TPSA) is 107 Å². The summed E-state index contributed by atoms with van der Waals surface area (Å²) in [5.74, 6) is -3.65. The third-order valence-corrected chi connectivity index (χ3v) is 2.03. The maximum atomic E-state index is 13.4. The van der Waals surface area contributed by atoms with Crippen molar-refractivity contribution in [3.8, 4) is 0 Å². The number of nitrogens with one attached hydrogen (secondary N) is 1. The van der Waals surface area contributed by atoms with Crippen molar-refractivity contribution in [2.45, 2.75) is 0 Å². The lowest BCUT2D eigenvalue weighted by atomic mass is 10.2. The molecule has 1 aromatic rings. The summed E-state index contributed by atoms with van der Waals surface area (Å²) >= 11 is 0. The van der Waals surface area contributed by atoms with Gasteiger partial charge in [0.05, 0.1) is 11.5 Å². The Balaban J connectivity index is 2.89. The Bertz CT molecular complexity index is 496. The number of nitro benzene ring substituents is 1. The molecule has 0 aliphatic rings. The first-order valence-corrected chi connectivity index (χ1v) is 5.17. The fourth-order valence-electron chi connectivity index (χ4n) is 1.24. The lowest BCUT2D eigenvalue weighted by Gasteiger charge is -2.07. The van der Waals surface area contributed by atoms with Crippen LogP contribution in [0.25, 0.3) is 0 Å². The molecule has 0 aliphatic heterocycles. The second-order valence-electron chi connectivity index (χ2n) is 3.40. The van der Waals surface area contributed by atoms with Gasteiger partial charge in [-0.15, -0.1) is 0 Å². The number of benzene rings is 1. The van der Waals surface area contributed by atoms with Crippen molar-refractivity contribution in [2.24, 2.45) is 5.73 Å². The minimum Gasteiger partial charge on any atom is -0.370 e.